The van der Waals surface area contributed by atoms with Crippen LogP contribution in [-0.4, -0.2) is 79.7 Å². The third-order valence-corrected chi connectivity index (χ3v) is 8.89. The number of hydrogen-bond donors (Lipinski definition) is 1. The van der Waals surface area contributed by atoms with Gasteiger partial charge in [0.2, 0.25) is 10.0 Å². The molecule has 0 saturated carbocycles. The maximum Gasteiger partial charge on any atom is 0.631 e. The summed E-state index contributed by atoms with van der Waals surface area (Å²) in [5, 5.41) is 12.1. The van der Waals surface area contributed by atoms with Crippen molar-refractivity contribution in [2.75, 3.05) is 26.7 Å². The first-order chi connectivity index (χ1) is 20.8. The summed E-state index contributed by atoms with van der Waals surface area (Å²) in [6.07, 6.45) is 2.74. The zero-order valence-corrected chi connectivity index (χ0v) is 27.0. The maximum absolute atomic E-state index is 13.1. The Kier molecular flexibility index (Phi) is 12.7. The number of carbonyl (C=O) groups is 2. The van der Waals surface area contributed by atoms with Crippen LogP contribution in [0.3, 0.4) is 0 Å². The Morgan fingerprint density at radius 3 is 2.32 bits per heavy atom. The van der Waals surface area contributed by atoms with Crippen molar-refractivity contribution in [3.63, 3.8) is 0 Å². The first-order valence-corrected chi connectivity index (χ1v) is 16.5. The molecule has 234 valence electrons. The van der Waals surface area contributed by atoms with Crippen LogP contribution >= 0.6 is 0 Å². The average molecular weight is 642 g/mol. The second-order valence-corrected chi connectivity index (χ2v) is 14.0. The van der Waals surface area contributed by atoms with Gasteiger partial charge in [-0.25, -0.2) is 8.42 Å². The van der Waals surface area contributed by atoms with Crippen molar-refractivity contribution < 1.29 is 36.7 Å². The molecule has 0 bridgehead atoms. The van der Waals surface area contributed by atoms with E-state index in [1.165, 1.54) is 22.7 Å². The summed E-state index contributed by atoms with van der Waals surface area (Å²) in [5.41, 5.74) is 1.01. The van der Waals surface area contributed by atoms with Crippen LogP contribution in [0.5, 0.6) is 0 Å². The van der Waals surface area contributed by atoms with Gasteiger partial charge in [-0.15, -0.1) is 5.92 Å². The van der Waals surface area contributed by atoms with Gasteiger partial charge in [0, 0.05) is 25.2 Å². The van der Waals surface area contributed by atoms with E-state index in [0.717, 1.165) is 37.1 Å². The van der Waals surface area contributed by atoms with Crippen LogP contribution < -0.4 is 9.91 Å². The number of nitro benzene ring substituents is 1. The number of likely N-dealkylation sites (N-methyl/N-ethyl adjacent to an activating group) is 1. The van der Waals surface area contributed by atoms with Gasteiger partial charge >= 0.3 is 19.1 Å². The maximum atomic E-state index is 13.1. The average Bonchev–Trinajstić information content (AvgIpc) is 2.94. The smallest absolute Gasteiger partial charge is 0.497 e. The number of hydrogen-bond acceptors (Lipinski definition) is 10. The van der Waals surface area contributed by atoms with Crippen molar-refractivity contribution in [3.05, 3.63) is 64.2 Å². The molecule has 1 N–H and O–H groups in total. The Labute approximate surface area is 261 Å². The van der Waals surface area contributed by atoms with Crippen LogP contribution in [-0.2, 0) is 38.8 Å². The summed E-state index contributed by atoms with van der Waals surface area (Å²) >= 11 is 0. The first kappa shape index (κ1) is 34.9. The Bertz CT molecular complexity index is 1470. The minimum atomic E-state index is -4.29. The van der Waals surface area contributed by atoms with E-state index in [1.807, 2.05) is 12.1 Å². The van der Waals surface area contributed by atoms with E-state index < -0.39 is 39.9 Å². The molecule has 0 aromatic heterocycles. The minimum Gasteiger partial charge on any atom is -0.497 e. The Balaban J connectivity index is 1.61. The highest BCUT2D eigenvalue weighted by atomic mass is 32.2. The molecule has 0 aliphatic carbocycles. The van der Waals surface area contributed by atoms with Crippen molar-refractivity contribution in [2.45, 2.75) is 62.7 Å². The van der Waals surface area contributed by atoms with Gasteiger partial charge in [-0.1, -0.05) is 57.4 Å². The molecule has 1 unspecified atom stereocenters. The van der Waals surface area contributed by atoms with Crippen molar-refractivity contribution >= 4 is 49.7 Å². The van der Waals surface area contributed by atoms with Gasteiger partial charge < -0.3 is 13.7 Å². The van der Waals surface area contributed by atoms with Crippen molar-refractivity contribution in [3.8, 4) is 11.8 Å². The van der Waals surface area contributed by atoms with Gasteiger partial charge in [-0.05, 0) is 48.2 Å². The summed E-state index contributed by atoms with van der Waals surface area (Å²) in [6.45, 7) is 6.70. The van der Waals surface area contributed by atoms with Crippen LogP contribution in [0.4, 0.5) is 5.69 Å². The summed E-state index contributed by atoms with van der Waals surface area (Å²) in [4.78, 5) is 36.0. The topological polar surface area (TPSA) is 154 Å². The highest BCUT2D eigenvalue weighted by molar-refractivity contribution is 7.89. The molecule has 1 aliphatic heterocycles. The summed E-state index contributed by atoms with van der Waals surface area (Å²) in [5.74, 6) is 2.77. The Hall–Kier alpha value is -3.55. The minimum absolute atomic E-state index is 0.0303. The molecule has 2 radical (unpaired) electrons. The lowest BCUT2D eigenvalue weighted by molar-refractivity contribution is -0.384. The van der Waals surface area contributed by atoms with Crippen molar-refractivity contribution in [2.24, 2.45) is 0 Å². The number of nitrogens with zero attached hydrogens (tertiary/aromatic N) is 2. The third kappa shape index (κ3) is 10.9. The first-order valence-electron chi connectivity index (χ1n) is 14.1. The van der Waals surface area contributed by atoms with Gasteiger partial charge in [-0.2, -0.15) is 4.72 Å². The van der Waals surface area contributed by atoms with Gasteiger partial charge in [0.15, 0.2) is 0 Å². The summed E-state index contributed by atoms with van der Waals surface area (Å²) in [7, 11) is -4.14. The number of rotatable bonds is 12. The van der Waals surface area contributed by atoms with Gasteiger partial charge in [-0.3, -0.25) is 24.6 Å². The highest BCUT2D eigenvalue weighted by Gasteiger charge is 2.41. The number of sulfonamides is 1. The zero-order chi connectivity index (χ0) is 32.3. The molecule has 12 nitrogen and oxygen atoms in total. The lowest BCUT2D eigenvalue weighted by Crippen LogP contribution is -2.53. The number of non-ortho nitro benzene ring substituents is 1. The molecular formula is C29H36BN3O9SSi. The van der Waals surface area contributed by atoms with E-state index in [2.05, 4.69) is 49.5 Å². The van der Waals surface area contributed by atoms with E-state index in [4.69, 9.17) is 13.7 Å². The monoisotopic (exact) mass is 641 g/mol. The van der Waals surface area contributed by atoms with Crippen molar-refractivity contribution in [1.82, 2.24) is 9.62 Å². The fourth-order valence-corrected chi connectivity index (χ4v) is 6.50. The number of unbranched alkanes of at least 4 members (excludes halogenated alkanes) is 3. The lowest BCUT2D eigenvalue weighted by atomic mass is 9.78. The van der Waals surface area contributed by atoms with E-state index >= 15 is 0 Å². The zero-order valence-electron chi connectivity index (χ0n) is 25.2. The van der Waals surface area contributed by atoms with Crippen LogP contribution in [0, 0.1) is 22.0 Å². The van der Waals surface area contributed by atoms with Crippen LogP contribution in [0.25, 0.3) is 0 Å². The van der Waals surface area contributed by atoms with Crippen LogP contribution in [0.1, 0.15) is 52.0 Å². The second-order valence-electron chi connectivity index (χ2n) is 11.2. The molecule has 15 heteroatoms. The van der Waals surface area contributed by atoms with Gasteiger partial charge in [0.1, 0.15) is 5.94 Å². The predicted molar refractivity (Wildman–Crippen MR) is 165 cm³/mol. The molecular weight excluding hydrogens is 605 g/mol. The Morgan fingerprint density at radius 1 is 1.07 bits per heavy atom. The fraction of sp³-hybridized carbons (Fsp3) is 0.448. The predicted octanol–water partition coefficient (Wildman–Crippen LogP) is 2.12. The number of nitrogens with one attached hydrogen (secondary N) is 1. The molecule has 2 aromatic carbocycles. The highest BCUT2D eigenvalue weighted by Crippen LogP contribution is 2.20. The fourth-order valence-electron chi connectivity index (χ4n) is 4.23. The molecule has 44 heavy (non-hydrogen) atoms. The molecule has 1 atom stereocenters. The number of nitro groups is 1. The molecule has 1 heterocycles. The van der Waals surface area contributed by atoms with Crippen LogP contribution in [0.15, 0.2) is 53.4 Å². The molecule has 3 rings (SSSR count). The van der Waals surface area contributed by atoms with E-state index in [9.17, 15) is 28.1 Å². The number of benzene rings is 2. The summed E-state index contributed by atoms with van der Waals surface area (Å²) < 4.78 is 45.0. The van der Waals surface area contributed by atoms with E-state index in [-0.39, 0.29) is 38.9 Å². The largest absolute Gasteiger partial charge is 0.631 e. The van der Waals surface area contributed by atoms with E-state index in [0.29, 0.717) is 19.4 Å². The third-order valence-electron chi connectivity index (χ3n) is 6.43. The molecule has 1 saturated heterocycles. The SMILES string of the molecule is CN1CC(=O)OB(C(C#CCCCCCO[Si]c2ccccc2C(C)(C)C)NS(=O)(=O)c2ccc([N+](=O)[O-])cc2)OC(=O)C1. The molecule has 1 fully saturated rings. The van der Waals surface area contributed by atoms with Crippen molar-refractivity contribution in [1.29, 1.82) is 0 Å². The molecule has 2 aromatic rings. The normalized spacial score (nSPS) is 15.3. The summed E-state index contributed by atoms with van der Waals surface area (Å²) in [6, 6.07) is 12.5. The van der Waals surface area contributed by atoms with Gasteiger partial charge in [0.05, 0.1) is 22.9 Å². The quantitative estimate of drug-likeness (QED) is 0.120. The second kappa shape index (κ2) is 16.0. The standard InChI is InChI=1S/C29H36BN3O9SSi/c1-29(2,3)24-12-9-10-13-25(24)44-40-19-11-7-5-6-8-14-26(30-41-27(34)20-32(4)21-28(35)42-30)31-43(38,39)23-17-15-22(16-18-23)33(36)37/h9-10,12-13,15-18,26,31H,5-7,11,19-21H2,1-4H3. The lowest BCUT2D eigenvalue weighted by Gasteiger charge is -2.25. The molecule has 1 aliphatic rings. The number of carbonyl (C=O) groups excluding carboxylic acids is 2. The molecule has 0 amide bonds. The van der Waals surface area contributed by atoms with Crippen LogP contribution in [0.2, 0.25) is 0 Å². The van der Waals surface area contributed by atoms with E-state index in [1.54, 1.807) is 0 Å². The van der Waals surface area contributed by atoms with Gasteiger partial charge in [0.25, 0.3) is 15.5 Å². The Morgan fingerprint density at radius 2 is 1.70 bits per heavy atom. The molecule has 0 spiro atoms.